The van der Waals surface area contributed by atoms with Gasteiger partial charge in [0.25, 0.3) is 0 Å². The van der Waals surface area contributed by atoms with Crippen LogP contribution in [0.4, 0.5) is 0 Å². The maximum atomic E-state index is 11.8. The van der Waals surface area contributed by atoms with Crippen molar-refractivity contribution in [3.05, 3.63) is 11.4 Å². The third kappa shape index (κ3) is 5.81. The van der Waals surface area contributed by atoms with Gasteiger partial charge in [-0.2, -0.15) is 0 Å². The Balaban J connectivity index is 2.54. The molecule has 0 atom stereocenters. The third-order valence-electron chi connectivity index (χ3n) is 2.88. The molecule has 7 nitrogen and oxygen atoms in total. The molecule has 1 rings (SSSR count). The lowest BCUT2D eigenvalue weighted by molar-refractivity contribution is 0.0517. The number of carbonyl (C=O) groups is 1. The summed E-state index contributed by atoms with van der Waals surface area (Å²) in [4.78, 5) is 11.8. The first-order valence-electron chi connectivity index (χ1n) is 7.40. The van der Waals surface area contributed by atoms with E-state index in [1.807, 2.05) is 6.92 Å². The van der Waals surface area contributed by atoms with Crippen molar-refractivity contribution in [3.63, 3.8) is 0 Å². The van der Waals surface area contributed by atoms with Crippen molar-refractivity contribution in [2.45, 2.75) is 39.7 Å². The summed E-state index contributed by atoms with van der Waals surface area (Å²) in [5.74, 6) is -0.409. The third-order valence-corrected chi connectivity index (χ3v) is 2.88. The predicted octanol–water partition coefficient (Wildman–Crippen LogP) is 1.46. The normalized spacial score (nSPS) is 10.8. The minimum absolute atomic E-state index is 0.318. The zero-order valence-corrected chi connectivity index (χ0v) is 13.1. The van der Waals surface area contributed by atoms with Crippen LogP contribution in [0, 0.1) is 0 Å². The highest BCUT2D eigenvalue weighted by Gasteiger charge is 2.19. The Morgan fingerprint density at radius 2 is 2.05 bits per heavy atom. The Morgan fingerprint density at radius 3 is 2.71 bits per heavy atom. The molecular formula is C14H25N3O4. The van der Waals surface area contributed by atoms with E-state index in [1.165, 1.54) is 0 Å². The average Bonchev–Trinajstić information content (AvgIpc) is 2.86. The van der Waals surface area contributed by atoms with Crippen molar-refractivity contribution in [2.24, 2.45) is 0 Å². The molecule has 1 aromatic heterocycles. The van der Waals surface area contributed by atoms with Gasteiger partial charge in [0.2, 0.25) is 0 Å². The SMILES string of the molecule is CCCc1c(C(=O)OCC)nnn1CCOCCCOC. The summed E-state index contributed by atoms with van der Waals surface area (Å²) in [6.45, 7) is 6.61. The second-order valence-electron chi connectivity index (χ2n) is 4.54. The number of ether oxygens (including phenoxy) is 3. The van der Waals surface area contributed by atoms with Crippen LogP contribution in [0.1, 0.15) is 42.9 Å². The van der Waals surface area contributed by atoms with Gasteiger partial charge in [-0.15, -0.1) is 5.10 Å². The van der Waals surface area contributed by atoms with E-state index >= 15 is 0 Å². The fourth-order valence-corrected chi connectivity index (χ4v) is 1.91. The van der Waals surface area contributed by atoms with E-state index in [0.717, 1.165) is 25.0 Å². The van der Waals surface area contributed by atoms with Crippen LogP contribution in [0.15, 0.2) is 0 Å². The molecule has 0 aliphatic heterocycles. The molecule has 0 radical (unpaired) electrons. The molecule has 0 N–H and O–H groups in total. The topological polar surface area (TPSA) is 75.5 Å². The second kappa shape index (κ2) is 10.3. The summed E-state index contributed by atoms with van der Waals surface area (Å²) >= 11 is 0. The first-order valence-corrected chi connectivity index (χ1v) is 7.40. The number of methoxy groups -OCH3 is 1. The molecule has 21 heavy (non-hydrogen) atoms. The Kier molecular flexibility index (Phi) is 8.61. The quantitative estimate of drug-likeness (QED) is 0.455. The Hall–Kier alpha value is -1.47. The van der Waals surface area contributed by atoms with Crippen LogP contribution in [0.3, 0.4) is 0 Å². The molecule has 0 aliphatic carbocycles. The largest absolute Gasteiger partial charge is 0.461 e. The van der Waals surface area contributed by atoms with Crippen molar-refractivity contribution in [3.8, 4) is 0 Å². The predicted molar refractivity (Wildman–Crippen MR) is 77.3 cm³/mol. The summed E-state index contributed by atoms with van der Waals surface area (Å²) < 4.78 is 17.2. The van der Waals surface area contributed by atoms with Gasteiger partial charge in [-0.25, -0.2) is 9.48 Å². The fraction of sp³-hybridized carbons (Fsp3) is 0.786. The molecule has 0 saturated carbocycles. The number of hydrogen-bond acceptors (Lipinski definition) is 6. The van der Waals surface area contributed by atoms with Crippen LogP contribution in [-0.2, 0) is 27.2 Å². The Bertz CT molecular complexity index is 420. The number of aromatic nitrogens is 3. The zero-order valence-electron chi connectivity index (χ0n) is 13.1. The molecular weight excluding hydrogens is 274 g/mol. The van der Waals surface area contributed by atoms with Crippen LogP contribution < -0.4 is 0 Å². The van der Waals surface area contributed by atoms with Crippen molar-refractivity contribution in [1.29, 1.82) is 0 Å². The van der Waals surface area contributed by atoms with Crippen LogP contribution in [-0.4, -0.2) is 54.5 Å². The zero-order chi connectivity index (χ0) is 15.5. The molecule has 7 heteroatoms. The molecule has 0 saturated heterocycles. The molecule has 0 spiro atoms. The summed E-state index contributed by atoms with van der Waals surface area (Å²) in [6.07, 6.45) is 2.52. The second-order valence-corrected chi connectivity index (χ2v) is 4.54. The summed E-state index contributed by atoms with van der Waals surface area (Å²) in [5, 5.41) is 7.98. The van der Waals surface area contributed by atoms with Crippen LogP contribution >= 0.6 is 0 Å². The minimum atomic E-state index is -0.409. The molecule has 0 amide bonds. The molecule has 1 heterocycles. The first-order chi connectivity index (χ1) is 10.2. The highest BCUT2D eigenvalue weighted by Crippen LogP contribution is 2.10. The molecule has 0 unspecified atom stereocenters. The molecule has 0 fully saturated rings. The lowest BCUT2D eigenvalue weighted by Crippen LogP contribution is -2.14. The van der Waals surface area contributed by atoms with Gasteiger partial charge in [0.05, 0.1) is 25.5 Å². The van der Waals surface area contributed by atoms with Crippen LogP contribution in [0.25, 0.3) is 0 Å². The lowest BCUT2D eigenvalue weighted by Gasteiger charge is -2.08. The standard InChI is InChI=1S/C14H25N3O4/c1-4-7-12-13(14(18)21-5-2)15-16-17(12)8-11-20-10-6-9-19-3/h4-11H2,1-3H3. The van der Waals surface area contributed by atoms with Gasteiger partial charge in [-0.1, -0.05) is 18.6 Å². The molecule has 0 aliphatic rings. The number of nitrogens with zero attached hydrogens (tertiary/aromatic N) is 3. The van der Waals surface area contributed by atoms with Crippen LogP contribution in [0.2, 0.25) is 0 Å². The Morgan fingerprint density at radius 1 is 1.24 bits per heavy atom. The van der Waals surface area contributed by atoms with E-state index < -0.39 is 5.97 Å². The maximum Gasteiger partial charge on any atom is 0.360 e. The van der Waals surface area contributed by atoms with Gasteiger partial charge in [0, 0.05) is 20.3 Å². The summed E-state index contributed by atoms with van der Waals surface area (Å²) in [7, 11) is 1.67. The molecule has 1 aromatic rings. The van der Waals surface area contributed by atoms with E-state index in [1.54, 1.807) is 18.7 Å². The minimum Gasteiger partial charge on any atom is -0.461 e. The summed E-state index contributed by atoms with van der Waals surface area (Å²) in [5.41, 5.74) is 1.13. The smallest absolute Gasteiger partial charge is 0.360 e. The van der Waals surface area contributed by atoms with E-state index in [2.05, 4.69) is 10.3 Å². The van der Waals surface area contributed by atoms with Crippen molar-refractivity contribution < 1.29 is 19.0 Å². The van der Waals surface area contributed by atoms with E-state index in [-0.39, 0.29) is 0 Å². The van der Waals surface area contributed by atoms with Gasteiger partial charge < -0.3 is 14.2 Å². The first kappa shape index (κ1) is 17.6. The monoisotopic (exact) mass is 299 g/mol. The number of hydrogen-bond donors (Lipinski definition) is 0. The van der Waals surface area contributed by atoms with Gasteiger partial charge in [-0.3, -0.25) is 0 Å². The van der Waals surface area contributed by atoms with Crippen molar-refractivity contribution in [1.82, 2.24) is 15.0 Å². The molecule has 120 valence electrons. The maximum absolute atomic E-state index is 11.8. The molecule has 0 bridgehead atoms. The lowest BCUT2D eigenvalue weighted by atomic mass is 10.2. The average molecular weight is 299 g/mol. The van der Waals surface area contributed by atoms with Crippen molar-refractivity contribution in [2.75, 3.05) is 33.5 Å². The number of esters is 1. The van der Waals surface area contributed by atoms with Gasteiger partial charge >= 0.3 is 5.97 Å². The molecule has 0 aromatic carbocycles. The van der Waals surface area contributed by atoms with Gasteiger partial charge in [-0.05, 0) is 19.8 Å². The van der Waals surface area contributed by atoms with E-state index in [0.29, 0.717) is 38.7 Å². The Labute approximate surface area is 125 Å². The van der Waals surface area contributed by atoms with Gasteiger partial charge in [0.15, 0.2) is 5.69 Å². The summed E-state index contributed by atoms with van der Waals surface area (Å²) in [6, 6.07) is 0. The van der Waals surface area contributed by atoms with Gasteiger partial charge in [0.1, 0.15) is 0 Å². The highest BCUT2D eigenvalue weighted by atomic mass is 16.5. The van der Waals surface area contributed by atoms with Crippen molar-refractivity contribution >= 4 is 5.97 Å². The van der Waals surface area contributed by atoms with Crippen LogP contribution in [0.5, 0.6) is 0 Å². The van der Waals surface area contributed by atoms with E-state index in [4.69, 9.17) is 14.2 Å². The van der Waals surface area contributed by atoms with E-state index in [9.17, 15) is 4.79 Å². The number of rotatable bonds is 11. The highest BCUT2D eigenvalue weighted by molar-refractivity contribution is 5.88. The fourth-order valence-electron chi connectivity index (χ4n) is 1.91. The number of carbonyl (C=O) groups excluding carboxylic acids is 1.